The van der Waals surface area contributed by atoms with Crippen LogP contribution in [0.2, 0.25) is 0 Å². The molecule has 112 valence electrons. The van der Waals surface area contributed by atoms with E-state index in [9.17, 15) is 5.11 Å². The van der Waals surface area contributed by atoms with Gasteiger partial charge in [0, 0.05) is 12.0 Å². The van der Waals surface area contributed by atoms with Gasteiger partial charge >= 0.3 is 0 Å². The van der Waals surface area contributed by atoms with Gasteiger partial charge in [0.25, 0.3) is 0 Å². The van der Waals surface area contributed by atoms with Crippen LogP contribution < -0.4 is 10.5 Å². The van der Waals surface area contributed by atoms with Crippen LogP contribution in [0.15, 0.2) is 54.6 Å². The number of hydrogen-bond acceptors (Lipinski definition) is 3. The van der Waals surface area contributed by atoms with Gasteiger partial charge in [0.05, 0.1) is 13.2 Å². The van der Waals surface area contributed by atoms with E-state index >= 15 is 0 Å². The molecule has 21 heavy (non-hydrogen) atoms. The van der Waals surface area contributed by atoms with Crippen molar-refractivity contribution >= 4 is 0 Å². The van der Waals surface area contributed by atoms with Crippen molar-refractivity contribution in [2.24, 2.45) is 5.73 Å². The summed E-state index contributed by atoms with van der Waals surface area (Å²) in [4.78, 5) is 0. The van der Waals surface area contributed by atoms with Gasteiger partial charge in [-0.05, 0) is 36.6 Å². The average molecular weight is 285 g/mol. The quantitative estimate of drug-likeness (QED) is 0.857. The predicted octanol–water partition coefficient (Wildman–Crippen LogP) is 2.52. The lowest BCUT2D eigenvalue weighted by Crippen LogP contribution is -2.46. The van der Waals surface area contributed by atoms with Crippen LogP contribution in [0.25, 0.3) is 0 Å². The Balaban J connectivity index is 2.41. The van der Waals surface area contributed by atoms with E-state index in [1.807, 2.05) is 54.6 Å². The fraction of sp³-hybridized carbons (Fsp3) is 0.333. The fourth-order valence-electron chi connectivity index (χ4n) is 2.77. The summed E-state index contributed by atoms with van der Waals surface area (Å²) in [5.41, 5.74) is 7.74. The number of hydrogen-bond donors (Lipinski definition) is 2. The molecule has 2 unspecified atom stereocenters. The fourth-order valence-corrected chi connectivity index (χ4v) is 2.77. The summed E-state index contributed by atoms with van der Waals surface area (Å²) in [6.45, 7) is 2.19. The molecule has 3 N–H and O–H groups in total. The van der Waals surface area contributed by atoms with Crippen molar-refractivity contribution in [1.29, 1.82) is 0 Å². The molecular weight excluding hydrogens is 262 g/mol. The number of methoxy groups -OCH3 is 1. The molecule has 0 amide bonds. The third kappa shape index (κ3) is 3.26. The molecule has 0 aliphatic rings. The molecule has 0 saturated heterocycles. The highest BCUT2D eigenvalue weighted by atomic mass is 16.5. The molecule has 0 heterocycles. The third-order valence-electron chi connectivity index (χ3n) is 4.17. The highest BCUT2D eigenvalue weighted by Crippen LogP contribution is 2.32. The van der Waals surface area contributed by atoms with Gasteiger partial charge in [-0.2, -0.15) is 0 Å². The van der Waals surface area contributed by atoms with E-state index in [-0.39, 0.29) is 0 Å². The molecule has 0 saturated carbocycles. The van der Waals surface area contributed by atoms with Gasteiger partial charge in [0.15, 0.2) is 0 Å². The van der Waals surface area contributed by atoms with Gasteiger partial charge < -0.3 is 15.6 Å². The molecule has 0 bridgehead atoms. The van der Waals surface area contributed by atoms with Gasteiger partial charge in [-0.3, -0.25) is 0 Å². The Kier molecular flexibility index (Phi) is 4.99. The Morgan fingerprint density at radius 3 is 2.43 bits per heavy atom. The molecule has 3 nitrogen and oxygen atoms in total. The van der Waals surface area contributed by atoms with Crippen LogP contribution in [0.1, 0.15) is 18.1 Å². The van der Waals surface area contributed by atoms with Gasteiger partial charge in [0.1, 0.15) is 5.75 Å². The largest absolute Gasteiger partial charge is 0.497 e. The third-order valence-corrected chi connectivity index (χ3v) is 4.17. The molecule has 0 aliphatic heterocycles. The van der Waals surface area contributed by atoms with E-state index < -0.39 is 11.5 Å². The van der Waals surface area contributed by atoms with Crippen molar-refractivity contribution in [3.63, 3.8) is 0 Å². The number of aliphatic hydroxyl groups excluding tert-OH is 1. The summed E-state index contributed by atoms with van der Waals surface area (Å²) < 4.78 is 5.28. The van der Waals surface area contributed by atoms with Crippen molar-refractivity contribution in [2.45, 2.75) is 24.9 Å². The van der Waals surface area contributed by atoms with Crippen molar-refractivity contribution in [2.75, 3.05) is 13.7 Å². The first-order chi connectivity index (χ1) is 10.1. The van der Waals surface area contributed by atoms with Crippen LogP contribution >= 0.6 is 0 Å². The first-order valence-electron chi connectivity index (χ1n) is 7.19. The number of ether oxygens (including phenoxy) is 1. The summed E-state index contributed by atoms with van der Waals surface area (Å²) in [5, 5.41) is 10.4. The van der Waals surface area contributed by atoms with Gasteiger partial charge in [-0.25, -0.2) is 0 Å². The van der Waals surface area contributed by atoms with Crippen LogP contribution in [-0.2, 0) is 11.8 Å². The molecule has 0 radical (unpaired) electrons. The SMILES string of the molecule is COc1cccc(CC(CN)(c2ccccc2)C(C)O)c1. The monoisotopic (exact) mass is 285 g/mol. The Hall–Kier alpha value is -1.84. The van der Waals surface area contributed by atoms with Crippen molar-refractivity contribution < 1.29 is 9.84 Å². The standard InChI is InChI=1S/C18H23NO2/c1-14(20)18(13-19,16-8-4-3-5-9-16)12-15-7-6-10-17(11-15)21-2/h3-11,14,20H,12-13,19H2,1-2H3. The van der Waals surface area contributed by atoms with Crippen molar-refractivity contribution in [3.8, 4) is 5.75 Å². The Morgan fingerprint density at radius 1 is 1.14 bits per heavy atom. The molecule has 0 spiro atoms. The maximum atomic E-state index is 10.4. The van der Waals surface area contributed by atoms with E-state index in [2.05, 4.69) is 0 Å². The van der Waals surface area contributed by atoms with E-state index in [1.165, 1.54) is 0 Å². The lowest BCUT2D eigenvalue weighted by Gasteiger charge is -2.36. The number of rotatable bonds is 6. The van der Waals surface area contributed by atoms with E-state index in [0.29, 0.717) is 13.0 Å². The van der Waals surface area contributed by atoms with E-state index in [0.717, 1.165) is 16.9 Å². The second-order valence-electron chi connectivity index (χ2n) is 5.43. The molecule has 2 aromatic carbocycles. The molecule has 0 aromatic heterocycles. The summed E-state index contributed by atoms with van der Waals surface area (Å²) in [6.07, 6.45) is 0.124. The molecule has 2 rings (SSSR count). The normalized spacial score (nSPS) is 15.2. The van der Waals surface area contributed by atoms with Crippen LogP contribution in [0.4, 0.5) is 0 Å². The summed E-state index contributed by atoms with van der Waals surface area (Å²) >= 11 is 0. The zero-order valence-corrected chi connectivity index (χ0v) is 12.6. The van der Waals surface area contributed by atoms with E-state index in [4.69, 9.17) is 10.5 Å². The lowest BCUT2D eigenvalue weighted by atomic mass is 9.72. The predicted molar refractivity (Wildman–Crippen MR) is 85.6 cm³/mol. The second-order valence-corrected chi connectivity index (χ2v) is 5.43. The minimum atomic E-state index is -0.545. The Bertz CT molecular complexity index is 568. The smallest absolute Gasteiger partial charge is 0.119 e. The van der Waals surface area contributed by atoms with Crippen molar-refractivity contribution in [3.05, 3.63) is 65.7 Å². The Morgan fingerprint density at radius 2 is 1.86 bits per heavy atom. The molecule has 0 fully saturated rings. The van der Waals surface area contributed by atoms with Gasteiger partial charge in [0.2, 0.25) is 0 Å². The minimum absolute atomic E-state index is 0.381. The number of nitrogens with two attached hydrogens (primary N) is 1. The summed E-state index contributed by atoms with van der Waals surface area (Å²) in [5.74, 6) is 0.817. The van der Waals surface area contributed by atoms with Gasteiger partial charge in [-0.15, -0.1) is 0 Å². The topological polar surface area (TPSA) is 55.5 Å². The zero-order valence-electron chi connectivity index (χ0n) is 12.6. The second kappa shape index (κ2) is 6.74. The van der Waals surface area contributed by atoms with Crippen LogP contribution in [0.3, 0.4) is 0 Å². The average Bonchev–Trinajstić information content (AvgIpc) is 2.53. The molecule has 0 aliphatic carbocycles. The number of benzene rings is 2. The first kappa shape index (κ1) is 15.5. The molecule has 3 heteroatoms. The first-order valence-corrected chi connectivity index (χ1v) is 7.19. The zero-order chi connectivity index (χ0) is 15.3. The van der Waals surface area contributed by atoms with E-state index in [1.54, 1.807) is 14.0 Å². The minimum Gasteiger partial charge on any atom is -0.497 e. The van der Waals surface area contributed by atoms with Crippen LogP contribution in [0.5, 0.6) is 5.75 Å². The molecular formula is C18H23NO2. The summed E-state index contributed by atoms with van der Waals surface area (Å²) in [6, 6.07) is 17.9. The van der Waals surface area contributed by atoms with Crippen LogP contribution in [-0.4, -0.2) is 24.9 Å². The highest BCUT2D eigenvalue weighted by molar-refractivity contribution is 5.35. The highest BCUT2D eigenvalue weighted by Gasteiger charge is 2.36. The molecule has 2 aromatic rings. The number of aliphatic hydroxyl groups is 1. The van der Waals surface area contributed by atoms with Gasteiger partial charge in [-0.1, -0.05) is 42.5 Å². The lowest BCUT2D eigenvalue weighted by molar-refractivity contribution is 0.100. The van der Waals surface area contributed by atoms with Crippen LogP contribution in [0, 0.1) is 0 Å². The Labute approximate surface area is 126 Å². The maximum absolute atomic E-state index is 10.4. The van der Waals surface area contributed by atoms with Crippen molar-refractivity contribution in [1.82, 2.24) is 0 Å². The maximum Gasteiger partial charge on any atom is 0.119 e. The molecule has 2 atom stereocenters. The summed E-state index contributed by atoms with van der Waals surface area (Å²) in [7, 11) is 1.65.